The molecule has 0 bridgehead atoms. The van der Waals surface area contributed by atoms with Crippen molar-refractivity contribution >= 4 is 28.9 Å². The summed E-state index contributed by atoms with van der Waals surface area (Å²) < 4.78 is 11.7. The Hall–Kier alpha value is -3.23. The van der Waals surface area contributed by atoms with Gasteiger partial charge in [0.15, 0.2) is 5.75 Å². The van der Waals surface area contributed by atoms with Crippen molar-refractivity contribution in [2.24, 2.45) is 0 Å². The second-order valence-electron chi connectivity index (χ2n) is 8.58. The van der Waals surface area contributed by atoms with E-state index >= 15 is 0 Å². The summed E-state index contributed by atoms with van der Waals surface area (Å²) in [5, 5.41) is 10.2. The smallest absolute Gasteiger partial charge is 0.255 e. The number of hydrogen-bond acceptors (Lipinski definition) is 6. The van der Waals surface area contributed by atoms with Gasteiger partial charge in [-0.25, -0.2) is 0 Å². The average molecular weight is 468 g/mol. The van der Waals surface area contributed by atoms with Gasteiger partial charge in [-0.1, -0.05) is 17.7 Å². The summed E-state index contributed by atoms with van der Waals surface area (Å²) in [5.41, 5.74) is 4.28. The fraction of sp³-hybridized carbons (Fsp3) is 0.333. The molecule has 2 aliphatic heterocycles. The third-order valence-corrected chi connectivity index (χ3v) is 6.52. The third kappa shape index (κ3) is 4.00. The third-order valence-electron chi connectivity index (χ3n) is 6.22. The first-order valence-electron chi connectivity index (χ1n) is 10.9. The molecule has 1 amide bonds. The molecule has 5 rings (SSSR count). The molecule has 0 radical (unpaired) electrons. The van der Waals surface area contributed by atoms with Gasteiger partial charge in [-0.15, -0.1) is 0 Å². The van der Waals surface area contributed by atoms with Crippen molar-refractivity contribution in [1.29, 1.82) is 0 Å². The number of pyridine rings is 1. The molecule has 0 aliphatic carbocycles. The highest BCUT2D eigenvalue weighted by molar-refractivity contribution is 6.32. The number of H-pyrrole nitrogens is 1. The maximum Gasteiger partial charge on any atom is 0.255 e. The van der Waals surface area contributed by atoms with E-state index in [2.05, 4.69) is 32.8 Å². The van der Waals surface area contributed by atoms with Crippen LogP contribution in [0.15, 0.2) is 36.7 Å². The zero-order valence-corrected chi connectivity index (χ0v) is 19.3. The second kappa shape index (κ2) is 8.61. The van der Waals surface area contributed by atoms with Gasteiger partial charge >= 0.3 is 0 Å². The van der Waals surface area contributed by atoms with E-state index in [1.807, 2.05) is 18.2 Å². The van der Waals surface area contributed by atoms with Gasteiger partial charge in [0.2, 0.25) is 0 Å². The summed E-state index contributed by atoms with van der Waals surface area (Å²) in [4.78, 5) is 20.6. The lowest BCUT2D eigenvalue weighted by Crippen LogP contribution is -2.58. The van der Waals surface area contributed by atoms with Crippen LogP contribution in [0.1, 0.15) is 29.4 Å². The minimum atomic E-state index is -0.134. The number of carbonyl (C=O) groups is 1. The van der Waals surface area contributed by atoms with Gasteiger partial charge in [0.25, 0.3) is 5.91 Å². The average Bonchev–Trinajstić information content (AvgIpc) is 3.16. The van der Waals surface area contributed by atoms with Crippen LogP contribution in [0.25, 0.3) is 11.3 Å². The normalized spacial score (nSPS) is 19.3. The van der Waals surface area contributed by atoms with Gasteiger partial charge in [0, 0.05) is 30.4 Å². The van der Waals surface area contributed by atoms with Crippen LogP contribution in [-0.4, -0.2) is 48.2 Å². The standard InChI is InChI=1S/C24H26ClN5O3/c1-24(8-11-28-24)13-33-18-12-26-9-6-14(18)20-21(19-16(29-20)7-10-27-23(19)31)30-17-5-3-4-15(25)22(17)32-2/h3-6,9,12,28-30H,7-8,10-11,13H2,1-2H3,(H,27,31)/t24-/m0/s1. The molecule has 4 heterocycles. The van der Waals surface area contributed by atoms with Crippen molar-refractivity contribution < 1.29 is 14.3 Å². The molecule has 2 aliphatic rings. The van der Waals surface area contributed by atoms with Crippen LogP contribution in [0.4, 0.5) is 11.4 Å². The number of aromatic nitrogens is 2. The number of anilines is 2. The lowest BCUT2D eigenvalue weighted by Gasteiger charge is -2.39. The Morgan fingerprint density at radius 3 is 2.88 bits per heavy atom. The number of benzene rings is 1. The molecule has 2 aromatic heterocycles. The first kappa shape index (κ1) is 21.6. The van der Waals surface area contributed by atoms with Gasteiger partial charge in [-0.2, -0.15) is 0 Å². The maximum atomic E-state index is 12.9. The molecule has 0 unspecified atom stereocenters. The fourth-order valence-electron chi connectivity index (χ4n) is 4.27. The Morgan fingerprint density at radius 2 is 2.12 bits per heavy atom. The number of nitrogens with zero attached hydrogens (tertiary/aromatic N) is 1. The number of nitrogens with one attached hydrogen (secondary N) is 4. The summed E-state index contributed by atoms with van der Waals surface area (Å²) in [7, 11) is 1.57. The Balaban J connectivity index is 1.59. The summed E-state index contributed by atoms with van der Waals surface area (Å²) in [6.07, 6.45) is 5.18. The molecule has 3 aromatic rings. The Bertz CT molecular complexity index is 1200. The molecular formula is C24H26ClN5O3. The summed E-state index contributed by atoms with van der Waals surface area (Å²) >= 11 is 6.34. The predicted octanol–water partition coefficient (Wildman–Crippen LogP) is 3.90. The quantitative estimate of drug-likeness (QED) is 0.420. The topological polar surface area (TPSA) is 100 Å². The van der Waals surface area contributed by atoms with Crippen molar-refractivity contribution in [3.63, 3.8) is 0 Å². The number of halogens is 1. The van der Waals surface area contributed by atoms with Crippen LogP contribution in [0.2, 0.25) is 5.02 Å². The van der Waals surface area contributed by atoms with E-state index in [1.54, 1.807) is 25.6 Å². The SMILES string of the molecule is COc1c(Cl)cccc1Nc1c(-c2ccncc2OC[C@]2(C)CCN2)[nH]c2c1C(=O)NCC2. The molecule has 0 saturated carbocycles. The first-order valence-corrected chi connectivity index (χ1v) is 11.3. The highest BCUT2D eigenvalue weighted by atomic mass is 35.5. The van der Waals surface area contributed by atoms with Gasteiger partial charge in [-0.05, 0) is 38.1 Å². The van der Waals surface area contributed by atoms with E-state index in [9.17, 15) is 4.79 Å². The van der Waals surface area contributed by atoms with Crippen molar-refractivity contribution in [2.45, 2.75) is 25.3 Å². The van der Waals surface area contributed by atoms with Crippen LogP contribution in [-0.2, 0) is 6.42 Å². The summed E-state index contributed by atoms with van der Waals surface area (Å²) in [5.74, 6) is 1.02. The molecule has 8 nitrogen and oxygen atoms in total. The van der Waals surface area contributed by atoms with Crippen LogP contribution >= 0.6 is 11.6 Å². The summed E-state index contributed by atoms with van der Waals surface area (Å²) in [6.45, 7) is 4.24. The monoisotopic (exact) mass is 467 g/mol. The van der Waals surface area contributed by atoms with Crippen molar-refractivity contribution in [1.82, 2.24) is 20.6 Å². The lowest BCUT2D eigenvalue weighted by molar-refractivity contribution is 0.0947. The van der Waals surface area contributed by atoms with Gasteiger partial charge < -0.3 is 30.4 Å². The number of amides is 1. The minimum Gasteiger partial charge on any atom is -0.493 e. The molecule has 172 valence electrons. The van der Waals surface area contributed by atoms with Gasteiger partial charge in [0.1, 0.15) is 12.4 Å². The van der Waals surface area contributed by atoms with E-state index < -0.39 is 0 Å². The Morgan fingerprint density at radius 1 is 1.27 bits per heavy atom. The number of fused-ring (bicyclic) bond motifs is 1. The van der Waals surface area contributed by atoms with Crippen LogP contribution in [0.3, 0.4) is 0 Å². The van der Waals surface area contributed by atoms with E-state index in [1.165, 1.54) is 0 Å². The predicted molar refractivity (Wildman–Crippen MR) is 128 cm³/mol. The fourth-order valence-corrected chi connectivity index (χ4v) is 4.52. The molecule has 1 aromatic carbocycles. The second-order valence-corrected chi connectivity index (χ2v) is 8.99. The van der Waals surface area contributed by atoms with Crippen LogP contribution in [0, 0.1) is 0 Å². The van der Waals surface area contributed by atoms with E-state index in [4.69, 9.17) is 21.1 Å². The number of methoxy groups -OCH3 is 1. The number of ether oxygens (including phenoxy) is 2. The number of carbonyl (C=O) groups excluding carboxylic acids is 1. The van der Waals surface area contributed by atoms with Crippen molar-refractivity contribution in [3.05, 3.63) is 52.9 Å². The number of para-hydroxylation sites is 1. The molecule has 1 fully saturated rings. The van der Waals surface area contributed by atoms with Crippen molar-refractivity contribution in [2.75, 3.05) is 32.1 Å². The van der Waals surface area contributed by atoms with Gasteiger partial charge in [0.05, 0.1) is 46.5 Å². The lowest BCUT2D eigenvalue weighted by atomic mass is 9.91. The van der Waals surface area contributed by atoms with E-state index in [-0.39, 0.29) is 11.4 Å². The van der Waals surface area contributed by atoms with Crippen molar-refractivity contribution in [3.8, 4) is 22.8 Å². The Labute approximate surface area is 197 Å². The first-order chi connectivity index (χ1) is 16.0. The molecule has 1 atom stereocenters. The zero-order chi connectivity index (χ0) is 23.0. The highest BCUT2D eigenvalue weighted by Crippen LogP contribution is 2.43. The molecule has 9 heteroatoms. The molecule has 1 saturated heterocycles. The summed E-state index contributed by atoms with van der Waals surface area (Å²) in [6, 6.07) is 7.35. The zero-order valence-electron chi connectivity index (χ0n) is 18.5. The van der Waals surface area contributed by atoms with E-state index in [0.717, 1.165) is 29.9 Å². The molecular weight excluding hydrogens is 442 g/mol. The van der Waals surface area contributed by atoms with Crippen LogP contribution in [0.5, 0.6) is 11.5 Å². The molecule has 4 N–H and O–H groups in total. The van der Waals surface area contributed by atoms with Gasteiger partial charge in [-0.3, -0.25) is 9.78 Å². The van der Waals surface area contributed by atoms with E-state index in [0.29, 0.717) is 53.0 Å². The maximum absolute atomic E-state index is 12.9. The molecule has 33 heavy (non-hydrogen) atoms. The molecule has 0 spiro atoms. The number of rotatable bonds is 7. The Kier molecular flexibility index (Phi) is 5.64. The minimum absolute atomic E-state index is 0.0444. The largest absolute Gasteiger partial charge is 0.493 e. The number of hydrogen-bond donors (Lipinski definition) is 4. The van der Waals surface area contributed by atoms with Crippen LogP contribution < -0.4 is 25.4 Å². The highest BCUT2D eigenvalue weighted by Gasteiger charge is 2.33. The number of aromatic amines is 1.